The number of hydrazone groups is 2. The number of hydrogen-bond acceptors (Lipinski definition) is 6. The van der Waals surface area contributed by atoms with E-state index in [0.717, 1.165) is 33.9 Å². The van der Waals surface area contributed by atoms with Crippen molar-refractivity contribution in [1.82, 2.24) is 10.0 Å². The second kappa shape index (κ2) is 9.64. The zero-order valence-electron chi connectivity index (χ0n) is 14.5. The van der Waals surface area contributed by atoms with Crippen LogP contribution in [0.5, 0.6) is 0 Å². The van der Waals surface area contributed by atoms with Crippen molar-refractivity contribution in [2.45, 2.75) is 34.6 Å². The van der Waals surface area contributed by atoms with Crippen LogP contribution in [0.1, 0.15) is 34.6 Å². The predicted octanol–water partition coefficient (Wildman–Crippen LogP) is -1.23. The van der Waals surface area contributed by atoms with Crippen LogP contribution in [-0.4, -0.2) is 57.5 Å². The maximum absolute atomic E-state index is 11.5. The van der Waals surface area contributed by atoms with Crippen LogP contribution in [0, 0.1) is 0 Å². The van der Waals surface area contributed by atoms with E-state index >= 15 is 0 Å². The maximum Gasteiger partial charge on any atom is 0.246 e. The Kier molecular flexibility index (Phi) is 8.32. The molecule has 12 heteroatoms. The molecule has 0 saturated heterocycles. The molecule has 0 spiro atoms. The molecule has 0 unspecified atom stereocenters. The zero-order valence-corrected chi connectivity index (χ0v) is 14.5. The molecule has 12 nitrogen and oxygen atoms in total. The van der Waals surface area contributed by atoms with Gasteiger partial charge in [-0.1, -0.05) is 0 Å². The van der Waals surface area contributed by atoms with Gasteiger partial charge in [0.05, 0.1) is 11.9 Å². The molecule has 0 heterocycles. The van der Waals surface area contributed by atoms with Crippen molar-refractivity contribution in [2.75, 3.05) is 0 Å². The van der Waals surface area contributed by atoms with Crippen molar-refractivity contribution in [3.63, 3.8) is 0 Å². The number of nitrogens with zero attached hydrogens (tertiary/aromatic N) is 6. The van der Waals surface area contributed by atoms with Gasteiger partial charge in [-0.2, -0.15) is 30.2 Å². The standard InChI is InChI=1S/C13H20N8O4/c1-7(19-21(11(5)25)13(15)18-9(3)23)6-16-20(10(4)24)12(14)17-8(2)22/h6H,1-5H3,(H2,14,17,22)(H2,15,18,23). The van der Waals surface area contributed by atoms with Gasteiger partial charge in [-0.05, 0) is 6.92 Å². The molecule has 0 saturated carbocycles. The summed E-state index contributed by atoms with van der Waals surface area (Å²) in [5.41, 5.74) is 11.1. The summed E-state index contributed by atoms with van der Waals surface area (Å²) in [7, 11) is 0. The number of carbonyl (C=O) groups excluding carboxylic acids is 4. The quantitative estimate of drug-likeness (QED) is 0.365. The van der Waals surface area contributed by atoms with E-state index in [0.29, 0.717) is 10.0 Å². The fourth-order valence-electron chi connectivity index (χ4n) is 1.33. The molecular formula is C13H20N8O4. The van der Waals surface area contributed by atoms with E-state index in [1.807, 2.05) is 0 Å². The first-order valence-corrected chi connectivity index (χ1v) is 6.85. The molecule has 136 valence electrons. The highest BCUT2D eigenvalue weighted by atomic mass is 16.2. The molecule has 0 rings (SSSR count). The summed E-state index contributed by atoms with van der Waals surface area (Å²) in [5, 5.41) is 8.94. The Morgan fingerprint density at radius 2 is 1.16 bits per heavy atom. The lowest BCUT2D eigenvalue weighted by molar-refractivity contribution is -0.126. The third kappa shape index (κ3) is 8.11. The van der Waals surface area contributed by atoms with E-state index in [-0.39, 0.29) is 5.71 Å². The van der Waals surface area contributed by atoms with Crippen LogP contribution in [0.15, 0.2) is 20.2 Å². The summed E-state index contributed by atoms with van der Waals surface area (Å²) in [6.45, 7) is 6.08. The van der Waals surface area contributed by atoms with Crippen LogP contribution in [0.25, 0.3) is 0 Å². The Bertz CT molecular complexity index is 692. The molecule has 0 radical (unpaired) electrons. The summed E-state index contributed by atoms with van der Waals surface area (Å²) in [4.78, 5) is 51.7. The first-order chi connectivity index (χ1) is 11.5. The van der Waals surface area contributed by atoms with E-state index < -0.39 is 35.5 Å². The Morgan fingerprint density at radius 1 is 0.760 bits per heavy atom. The lowest BCUT2D eigenvalue weighted by Crippen LogP contribution is -2.39. The highest BCUT2D eigenvalue weighted by Gasteiger charge is 2.14. The minimum atomic E-state index is -0.611. The number of aliphatic imine (C=N–C) groups is 2. The van der Waals surface area contributed by atoms with Gasteiger partial charge in [-0.3, -0.25) is 19.2 Å². The van der Waals surface area contributed by atoms with E-state index in [1.54, 1.807) is 0 Å². The molecule has 25 heavy (non-hydrogen) atoms. The van der Waals surface area contributed by atoms with Crippen molar-refractivity contribution < 1.29 is 19.2 Å². The number of amides is 4. The molecule has 0 aromatic carbocycles. The Morgan fingerprint density at radius 3 is 1.52 bits per heavy atom. The highest BCUT2D eigenvalue weighted by molar-refractivity contribution is 6.30. The molecule has 0 atom stereocenters. The molecule has 0 bridgehead atoms. The third-order valence-corrected chi connectivity index (χ3v) is 2.19. The zero-order chi connectivity index (χ0) is 19.7. The Hall–Kier alpha value is -3.44. The van der Waals surface area contributed by atoms with Crippen molar-refractivity contribution in [2.24, 2.45) is 31.7 Å². The van der Waals surface area contributed by atoms with Gasteiger partial charge in [-0.25, -0.2) is 0 Å². The molecule has 0 aliphatic rings. The minimum Gasteiger partial charge on any atom is -0.368 e. The molecule has 4 amide bonds. The summed E-state index contributed by atoms with van der Waals surface area (Å²) in [6.07, 6.45) is 1.08. The van der Waals surface area contributed by atoms with Gasteiger partial charge in [0.15, 0.2) is 0 Å². The summed E-state index contributed by atoms with van der Waals surface area (Å²) >= 11 is 0. The van der Waals surface area contributed by atoms with Gasteiger partial charge < -0.3 is 11.5 Å². The normalized spacial score (nSPS) is 12.9. The van der Waals surface area contributed by atoms with Gasteiger partial charge in [0, 0.05) is 27.7 Å². The monoisotopic (exact) mass is 352 g/mol. The second-order valence-electron chi connectivity index (χ2n) is 4.63. The van der Waals surface area contributed by atoms with Crippen LogP contribution >= 0.6 is 0 Å². The number of guanidine groups is 2. The van der Waals surface area contributed by atoms with Crippen molar-refractivity contribution in [1.29, 1.82) is 0 Å². The summed E-state index contributed by atoms with van der Waals surface area (Å²) in [5.74, 6) is -3.27. The first-order valence-electron chi connectivity index (χ1n) is 6.85. The number of rotatable bonds is 3. The Labute approximate surface area is 143 Å². The van der Waals surface area contributed by atoms with Gasteiger partial charge in [0.2, 0.25) is 35.5 Å². The number of hydrogen-bond donors (Lipinski definition) is 2. The van der Waals surface area contributed by atoms with Crippen LogP contribution in [-0.2, 0) is 19.2 Å². The molecule has 0 aromatic rings. The molecule has 4 N–H and O–H groups in total. The average Bonchev–Trinajstić information content (AvgIpc) is 2.42. The SMILES string of the molecule is CC(=O)N=C(N)N(N=CC(C)=NN(C(C)=O)C(N)=NC(C)=O)C(C)=O. The third-order valence-electron chi connectivity index (χ3n) is 2.19. The topological polar surface area (TPSA) is 176 Å². The average molecular weight is 352 g/mol. The molecule has 0 aliphatic carbocycles. The predicted molar refractivity (Wildman–Crippen MR) is 91.2 cm³/mol. The van der Waals surface area contributed by atoms with Gasteiger partial charge >= 0.3 is 0 Å². The second-order valence-corrected chi connectivity index (χ2v) is 4.63. The molecule has 0 aromatic heterocycles. The van der Waals surface area contributed by atoms with Gasteiger partial charge in [0.25, 0.3) is 0 Å². The Balaban J connectivity index is 5.59. The van der Waals surface area contributed by atoms with Crippen LogP contribution in [0.2, 0.25) is 0 Å². The number of carbonyl (C=O) groups is 4. The van der Waals surface area contributed by atoms with E-state index in [9.17, 15) is 19.2 Å². The lowest BCUT2D eigenvalue weighted by Gasteiger charge is -2.14. The fourth-order valence-corrected chi connectivity index (χ4v) is 1.33. The maximum atomic E-state index is 11.5. The minimum absolute atomic E-state index is 0.124. The lowest BCUT2D eigenvalue weighted by atomic mass is 10.5. The first kappa shape index (κ1) is 21.6. The van der Waals surface area contributed by atoms with Crippen molar-refractivity contribution in [3.8, 4) is 0 Å². The summed E-state index contributed by atoms with van der Waals surface area (Å²) < 4.78 is 0. The molecular weight excluding hydrogens is 332 g/mol. The van der Waals surface area contributed by atoms with E-state index in [4.69, 9.17) is 11.5 Å². The highest BCUT2D eigenvalue weighted by Crippen LogP contribution is 1.95. The van der Waals surface area contributed by atoms with Crippen molar-refractivity contribution in [3.05, 3.63) is 0 Å². The molecule has 0 aliphatic heterocycles. The van der Waals surface area contributed by atoms with Crippen LogP contribution in [0.3, 0.4) is 0 Å². The molecule has 0 fully saturated rings. The smallest absolute Gasteiger partial charge is 0.246 e. The van der Waals surface area contributed by atoms with E-state index in [1.165, 1.54) is 6.92 Å². The largest absolute Gasteiger partial charge is 0.368 e. The van der Waals surface area contributed by atoms with E-state index in [2.05, 4.69) is 20.2 Å². The fraction of sp³-hybridized carbons (Fsp3) is 0.385. The van der Waals surface area contributed by atoms with Gasteiger partial charge in [0.1, 0.15) is 0 Å². The van der Waals surface area contributed by atoms with Crippen molar-refractivity contribution >= 4 is 47.5 Å². The van der Waals surface area contributed by atoms with Crippen LogP contribution < -0.4 is 11.5 Å². The van der Waals surface area contributed by atoms with Gasteiger partial charge in [-0.15, -0.1) is 0 Å². The number of nitrogens with two attached hydrogens (primary N) is 2. The van der Waals surface area contributed by atoms with Crippen LogP contribution in [0.4, 0.5) is 0 Å². The summed E-state index contributed by atoms with van der Waals surface area (Å²) in [6, 6.07) is 0.